The Bertz CT molecular complexity index is 502. The molecule has 20 heavy (non-hydrogen) atoms. The van der Waals surface area contributed by atoms with Gasteiger partial charge in [-0.05, 0) is 19.9 Å². The molecule has 0 aliphatic carbocycles. The maximum absolute atomic E-state index is 11.4. The van der Waals surface area contributed by atoms with Gasteiger partial charge in [0.1, 0.15) is 6.54 Å². The molecule has 0 aliphatic rings. The van der Waals surface area contributed by atoms with Crippen LogP contribution in [0.5, 0.6) is 5.75 Å². The van der Waals surface area contributed by atoms with Crippen LogP contribution in [-0.2, 0) is 9.53 Å². The maximum atomic E-state index is 11.4. The van der Waals surface area contributed by atoms with Crippen molar-refractivity contribution in [1.29, 1.82) is 0 Å². The van der Waals surface area contributed by atoms with Crippen molar-refractivity contribution in [3.05, 3.63) is 28.3 Å². The van der Waals surface area contributed by atoms with Gasteiger partial charge in [-0.15, -0.1) is 0 Å². The number of rotatable bonds is 6. The number of carbonyl (C=O) groups excluding carboxylic acids is 1. The molecule has 0 amide bonds. The van der Waals surface area contributed by atoms with Gasteiger partial charge >= 0.3 is 11.7 Å². The average molecular weight is 282 g/mol. The smallest absolute Gasteiger partial charge is 0.325 e. The largest absolute Gasteiger partial charge is 0.490 e. The molecule has 0 aromatic heterocycles. The summed E-state index contributed by atoms with van der Waals surface area (Å²) in [5.41, 5.74) is 0.547. The lowest BCUT2D eigenvalue weighted by molar-refractivity contribution is -0.385. The number of esters is 1. The highest BCUT2D eigenvalue weighted by Gasteiger charge is 2.20. The number of nitrogens with zero attached hydrogens (tertiary/aromatic N) is 2. The lowest BCUT2D eigenvalue weighted by Crippen LogP contribution is -2.36. The first-order chi connectivity index (χ1) is 9.40. The van der Waals surface area contributed by atoms with Gasteiger partial charge in [-0.25, -0.2) is 0 Å². The number of carbonyl (C=O) groups is 1. The molecule has 1 aromatic carbocycles. The summed E-state index contributed by atoms with van der Waals surface area (Å²) in [6, 6.07) is 4.52. The molecular weight excluding hydrogens is 264 g/mol. The van der Waals surface area contributed by atoms with E-state index in [2.05, 4.69) is 4.74 Å². The van der Waals surface area contributed by atoms with Crippen molar-refractivity contribution in [3.63, 3.8) is 0 Å². The van der Waals surface area contributed by atoms with Gasteiger partial charge in [-0.3, -0.25) is 14.9 Å². The minimum atomic E-state index is -0.511. The van der Waals surface area contributed by atoms with Crippen molar-refractivity contribution < 1.29 is 19.2 Å². The molecule has 7 heteroatoms. The minimum absolute atomic E-state index is 0.0280. The number of nitro groups is 1. The standard InChI is InChI=1S/C13H18N2O5/c1-9(2)14(8-13(16)20-4)10-5-6-11(15(17)18)12(7-10)19-3/h5-7,9H,8H2,1-4H3. The molecule has 0 saturated heterocycles. The Labute approximate surface area is 117 Å². The first-order valence-corrected chi connectivity index (χ1v) is 6.06. The predicted octanol–water partition coefficient (Wildman–Crippen LogP) is 1.99. The second-order valence-electron chi connectivity index (χ2n) is 4.41. The zero-order chi connectivity index (χ0) is 15.3. The van der Waals surface area contributed by atoms with Crippen molar-refractivity contribution in [3.8, 4) is 5.75 Å². The second kappa shape index (κ2) is 6.74. The van der Waals surface area contributed by atoms with Gasteiger partial charge < -0.3 is 14.4 Å². The highest BCUT2D eigenvalue weighted by Crippen LogP contribution is 2.32. The van der Waals surface area contributed by atoms with Crippen LogP contribution in [0.2, 0.25) is 0 Å². The Kier molecular flexibility index (Phi) is 5.31. The van der Waals surface area contributed by atoms with Crippen LogP contribution in [0.4, 0.5) is 11.4 Å². The van der Waals surface area contributed by atoms with Gasteiger partial charge in [0.05, 0.1) is 19.1 Å². The SMILES string of the molecule is COC(=O)CN(c1ccc([N+](=O)[O-])c(OC)c1)C(C)C. The van der Waals surface area contributed by atoms with Gasteiger partial charge in [-0.1, -0.05) is 0 Å². The zero-order valence-corrected chi connectivity index (χ0v) is 12.0. The quantitative estimate of drug-likeness (QED) is 0.451. The molecule has 7 nitrogen and oxygen atoms in total. The molecule has 0 atom stereocenters. The summed E-state index contributed by atoms with van der Waals surface area (Å²) in [5, 5.41) is 10.9. The summed E-state index contributed by atoms with van der Waals surface area (Å²) in [5.74, 6) is -0.223. The first-order valence-electron chi connectivity index (χ1n) is 6.06. The van der Waals surface area contributed by atoms with E-state index in [0.717, 1.165) is 0 Å². The summed E-state index contributed by atoms with van der Waals surface area (Å²) in [6.07, 6.45) is 0. The lowest BCUT2D eigenvalue weighted by atomic mass is 10.2. The fraction of sp³-hybridized carbons (Fsp3) is 0.462. The van der Waals surface area contributed by atoms with E-state index in [9.17, 15) is 14.9 Å². The van der Waals surface area contributed by atoms with E-state index in [4.69, 9.17) is 4.74 Å². The molecule has 0 bridgehead atoms. The summed E-state index contributed by atoms with van der Waals surface area (Å²) in [4.78, 5) is 23.5. The van der Waals surface area contributed by atoms with E-state index in [1.165, 1.54) is 20.3 Å². The summed E-state index contributed by atoms with van der Waals surface area (Å²) in [7, 11) is 2.68. The number of benzene rings is 1. The van der Waals surface area contributed by atoms with Crippen molar-refractivity contribution in [2.75, 3.05) is 25.7 Å². The van der Waals surface area contributed by atoms with Crippen LogP contribution in [0.15, 0.2) is 18.2 Å². The minimum Gasteiger partial charge on any atom is -0.490 e. The maximum Gasteiger partial charge on any atom is 0.325 e. The molecule has 110 valence electrons. The van der Waals surface area contributed by atoms with E-state index in [-0.39, 0.29) is 30.0 Å². The van der Waals surface area contributed by atoms with Gasteiger partial charge in [0.25, 0.3) is 0 Å². The highest BCUT2D eigenvalue weighted by molar-refractivity contribution is 5.76. The molecule has 0 unspecified atom stereocenters. The number of methoxy groups -OCH3 is 2. The second-order valence-corrected chi connectivity index (χ2v) is 4.41. The Morgan fingerprint density at radius 2 is 2.05 bits per heavy atom. The third-order valence-electron chi connectivity index (χ3n) is 2.84. The summed E-state index contributed by atoms with van der Waals surface area (Å²) < 4.78 is 9.67. The molecule has 0 N–H and O–H groups in total. The molecule has 0 aliphatic heterocycles. The van der Waals surface area contributed by atoms with Gasteiger partial charge in [0.2, 0.25) is 0 Å². The normalized spacial score (nSPS) is 10.2. The third kappa shape index (κ3) is 3.59. The van der Waals surface area contributed by atoms with Gasteiger partial charge in [-0.2, -0.15) is 0 Å². The molecule has 0 heterocycles. The molecular formula is C13H18N2O5. The molecule has 1 aromatic rings. The number of ether oxygens (including phenoxy) is 2. The number of anilines is 1. The van der Waals surface area contributed by atoms with E-state index < -0.39 is 4.92 Å². The van der Waals surface area contributed by atoms with E-state index in [0.29, 0.717) is 5.69 Å². The Morgan fingerprint density at radius 3 is 2.50 bits per heavy atom. The van der Waals surface area contributed by atoms with Crippen LogP contribution in [0, 0.1) is 10.1 Å². The topological polar surface area (TPSA) is 81.9 Å². The van der Waals surface area contributed by atoms with Crippen LogP contribution >= 0.6 is 0 Å². The highest BCUT2D eigenvalue weighted by atomic mass is 16.6. The molecule has 0 spiro atoms. The van der Waals surface area contributed by atoms with Crippen molar-refractivity contribution in [2.45, 2.75) is 19.9 Å². The van der Waals surface area contributed by atoms with Crippen molar-refractivity contribution >= 4 is 17.3 Å². The zero-order valence-electron chi connectivity index (χ0n) is 12.0. The number of hydrogen-bond acceptors (Lipinski definition) is 6. The van der Waals surface area contributed by atoms with Crippen LogP contribution in [-0.4, -0.2) is 37.7 Å². The number of nitro benzene ring substituents is 1. The van der Waals surface area contributed by atoms with E-state index in [1.54, 1.807) is 17.0 Å². The number of hydrogen-bond donors (Lipinski definition) is 0. The Balaban J connectivity index is 3.15. The predicted molar refractivity (Wildman–Crippen MR) is 74.1 cm³/mol. The molecule has 1 rings (SSSR count). The third-order valence-corrected chi connectivity index (χ3v) is 2.84. The van der Waals surface area contributed by atoms with Gasteiger partial charge in [0, 0.05) is 23.9 Å². The Morgan fingerprint density at radius 1 is 1.40 bits per heavy atom. The van der Waals surface area contributed by atoms with Crippen LogP contribution in [0.25, 0.3) is 0 Å². The van der Waals surface area contributed by atoms with Crippen molar-refractivity contribution in [1.82, 2.24) is 0 Å². The first kappa shape index (κ1) is 15.7. The van der Waals surface area contributed by atoms with Crippen LogP contribution in [0.1, 0.15) is 13.8 Å². The van der Waals surface area contributed by atoms with Crippen LogP contribution < -0.4 is 9.64 Å². The van der Waals surface area contributed by atoms with E-state index in [1.807, 2.05) is 13.8 Å². The summed E-state index contributed by atoms with van der Waals surface area (Å²) in [6.45, 7) is 3.89. The molecule has 0 radical (unpaired) electrons. The molecule has 0 saturated carbocycles. The fourth-order valence-electron chi connectivity index (χ4n) is 1.77. The van der Waals surface area contributed by atoms with Gasteiger partial charge in [0.15, 0.2) is 5.75 Å². The fourth-order valence-corrected chi connectivity index (χ4v) is 1.77. The monoisotopic (exact) mass is 282 g/mol. The van der Waals surface area contributed by atoms with E-state index >= 15 is 0 Å². The average Bonchev–Trinajstić information content (AvgIpc) is 2.43. The van der Waals surface area contributed by atoms with Crippen molar-refractivity contribution in [2.24, 2.45) is 0 Å². The lowest BCUT2D eigenvalue weighted by Gasteiger charge is -2.27. The Hall–Kier alpha value is -2.31. The molecule has 0 fully saturated rings. The summed E-state index contributed by atoms with van der Waals surface area (Å²) >= 11 is 0. The van der Waals surface area contributed by atoms with Crippen LogP contribution in [0.3, 0.4) is 0 Å².